The lowest BCUT2D eigenvalue weighted by molar-refractivity contribution is 0.0383. The summed E-state index contributed by atoms with van der Waals surface area (Å²) >= 11 is 2.37. The summed E-state index contributed by atoms with van der Waals surface area (Å²) in [6.07, 6.45) is 12.3. The molecule has 17 heavy (non-hydrogen) atoms. The van der Waals surface area contributed by atoms with Crippen molar-refractivity contribution in [1.29, 1.82) is 0 Å². The molecule has 96 valence electrons. The van der Waals surface area contributed by atoms with Crippen LogP contribution in [-0.2, 0) is 0 Å². The predicted octanol–water partition coefficient (Wildman–Crippen LogP) is 3.44. The van der Waals surface area contributed by atoms with Crippen molar-refractivity contribution in [2.45, 2.75) is 62.2 Å². The van der Waals surface area contributed by atoms with E-state index in [2.05, 4.69) is 17.1 Å². The Balaban J connectivity index is 1.42. The van der Waals surface area contributed by atoms with Crippen LogP contribution in [0.15, 0.2) is 0 Å². The minimum absolute atomic E-state index is 0.735. The molecule has 4 bridgehead atoms. The second kappa shape index (κ2) is 4.16. The Morgan fingerprint density at radius 3 is 2.18 bits per heavy atom. The van der Waals surface area contributed by atoms with Crippen LogP contribution in [0.2, 0.25) is 0 Å². The minimum atomic E-state index is 0.735. The molecule has 1 aliphatic heterocycles. The molecule has 5 aliphatic rings. The predicted molar refractivity (Wildman–Crippen MR) is 74.4 cm³/mol. The Morgan fingerprint density at radius 2 is 1.65 bits per heavy atom. The van der Waals surface area contributed by atoms with Gasteiger partial charge in [-0.05, 0) is 75.7 Å². The summed E-state index contributed by atoms with van der Waals surface area (Å²) in [5.74, 6) is 4.74. The average Bonchev–Trinajstić information content (AvgIpc) is 2.77. The molecule has 5 rings (SSSR count). The van der Waals surface area contributed by atoms with Gasteiger partial charge in [0, 0.05) is 16.5 Å². The van der Waals surface area contributed by atoms with Crippen LogP contribution in [0.25, 0.3) is 0 Å². The Kier molecular flexibility index (Phi) is 2.73. The second-order valence-corrected chi connectivity index (χ2v) is 8.69. The first kappa shape index (κ1) is 11.2. The molecular formula is C15H25NS. The van der Waals surface area contributed by atoms with Gasteiger partial charge >= 0.3 is 0 Å². The molecule has 1 heterocycles. The van der Waals surface area contributed by atoms with E-state index < -0.39 is 0 Å². The summed E-state index contributed by atoms with van der Waals surface area (Å²) < 4.78 is 0.735. The summed E-state index contributed by atoms with van der Waals surface area (Å²) in [5, 5.41) is 3.67. The lowest BCUT2D eigenvalue weighted by Crippen LogP contribution is -2.49. The van der Waals surface area contributed by atoms with Crippen LogP contribution >= 0.6 is 11.8 Å². The van der Waals surface area contributed by atoms with Gasteiger partial charge in [0.05, 0.1) is 0 Å². The van der Waals surface area contributed by atoms with E-state index in [1.165, 1.54) is 25.1 Å². The molecule has 1 atom stereocenters. The van der Waals surface area contributed by atoms with Crippen molar-refractivity contribution < 1.29 is 0 Å². The van der Waals surface area contributed by atoms with E-state index in [1.54, 1.807) is 38.5 Å². The number of thioether (sulfide) groups is 1. The van der Waals surface area contributed by atoms with E-state index in [9.17, 15) is 0 Å². The van der Waals surface area contributed by atoms with Crippen LogP contribution < -0.4 is 5.32 Å². The third-order valence-corrected chi connectivity index (χ3v) is 7.42. The fourth-order valence-corrected chi connectivity index (χ4v) is 7.28. The van der Waals surface area contributed by atoms with Crippen LogP contribution in [0.5, 0.6) is 0 Å². The fraction of sp³-hybridized carbons (Fsp3) is 1.00. The maximum atomic E-state index is 3.67. The van der Waals surface area contributed by atoms with Gasteiger partial charge in [0.1, 0.15) is 0 Å². The van der Waals surface area contributed by atoms with Gasteiger partial charge in [-0.25, -0.2) is 0 Å². The standard InChI is InChI=1S/C15H25NS/c1-2-14(16-3-1)10-17-15-7-11-4-12(8-15)6-13(5-11)9-15/h11-14,16H,1-10H2/t11?,12?,13?,14-,15?/m0/s1. The molecule has 5 fully saturated rings. The highest BCUT2D eigenvalue weighted by Crippen LogP contribution is 2.60. The molecule has 0 aromatic carbocycles. The highest BCUT2D eigenvalue weighted by Gasteiger charge is 2.51. The van der Waals surface area contributed by atoms with E-state index in [-0.39, 0.29) is 0 Å². The monoisotopic (exact) mass is 251 g/mol. The van der Waals surface area contributed by atoms with E-state index in [0.717, 1.165) is 28.5 Å². The fourth-order valence-electron chi connectivity index (χ4n) is 5.38. The quantitative estimate of drug-likeness (QED) is 0.824. The van der Waals surface area contributed by atoms with Gasteiger partial charge in [-0.1, -0.05) is 0 Å². The first-order chi connectivity index (χ1) is 8.31. The van der Waals surface area contributed by atoms with Gasteiger partial charge in [0.2, 0.25) is 0 Å². The Bertz CT molecular complexity index is 260. The number of rotatable bonds is 3. The molecule has 4 aliphatic carbocycles. The molecule has 0 amide bonds. The van der Waals surface area contributed by atoms with Crippen molar-refractivity contribution in [2.24, 2.45) is 17.8 Å². The maximum absolute atomic E-state index is 3.67. The summed E-state index contributed by atoms with van der Waals surface area (Å²) in [7, 11) is 0. The van der Waals surface area contributed by atoms with Crippen LogP contribution in [0.4, 0.5) is 0 Å². The topological polar surface area (TPSA) is 12.0 Å². The zero-order valence-corrected chi connectivity index (χ0v) is 11.6. The van der Waals surface area contributed by atoms with Crippen molar-refractivity contribution in [3.8, 4) is 0 Å². The molecule has 0 aromatic heterocycles. The van der Waals surface area contributed by atoms with Crippen molar-refractivity contribution in [2.75, 3.05) is 12.3 Å². The van der Waals surface area contributed by atoms with E-state index in [4.69, 9.17) is 0 Å². The van der Waals surface area contributed by atoms with Gasteiger partial charge in [-0.15, -0.1) is 0 Å². The van der Waals surface area contributed by atoms with Gasteiger partial charge in [0.15, 0.2) is 0 Å². The first-order valence-electron chi connectivity index (χ1n) is 7.69. The molecule has 1 saturated heterocycles. The smallest absolute Gasteiger partial charge is 0.0168 e. The van der Waals surface area contributed by atoms with Crippen LogP contribution in [0.3, 0.4) is 0 Å². The van der Waals surface area contributed by atoms with E-state index >= 15 is 0 Å². The van der Waals surface area contributed by atoms with Crippen LogP contribution in [-0.4, -0.2) is 23.1 Å². The molecular weight excluding hydrogens is 226 g/mol. The molecule has 0 unspecified atom stereocenters. The summed E-state index contributed by atoms with van der Waals surface area (Å²) in [5.41, 5.74) is 0. The largest absolute Gasteiger partial charge is 0.313 e. The zero-order valence-electron chi connectivity index (χ0n) is 10.8. The summed E-state index contributed by atoms with van der Waals surface area (Å²) in [6.45, 7) is 1.27. The van der Waals surface area contributed by atoms with Crippen molar-refractivity contribution >= 4 is 11.8 Å². The van der Waals surface area contributed by atoms with Gasteiger partial charge in [0.25, 0.3) is 0 Å². The maximum Gasteiger partial charge on any atom is 0.0168 e. The first-order valence-corrected chi connectivity index (χ1v) is 8.67. The van der Waals surface area contributed by atoms with Crippen molar-refractivity contribution in [3.63, 3.8) is 0 Å². The highest BCUT2D eigenvalue weighted by atomic mass is 32.2. The third-order valence-electron chi connectivity index (χ3n) is 5.74. The molecule has 0 radical (unpaired) electrons. The molecule has 1 N–H and O–H groups in total. The van der Waals surface area contributed by atoms with Gasteiger partial charge in [-0.3, -0.25) is 0 Å². The molecule has 4 saturated carbocycles. The molecule has 0 spiro atoms. The zero-order chi connectivity index (χ0) is 11.3. The second-order valence-electron chi connectivity index (χ2n) is 7.20. The average molecular weight is 251 g/mol. The van der Waals surface area contributed by atoms with Crippen molar-refractivity contribution in [1.82, 2.24) is 5.32 Å². The van der Waals surface area contributed by atoms with E-state index in [1.807, 2.05) is 0 Å². The number of hydrogen-bond donors (Lipinski definition) is 1. The summed E-state index contributed by atoms with van der Waals surface area (Å²) in [6, 6.07) is 0.841. The molecule has 1 nitrogen and oxygen atoms in total. The SMILES string of the molecule is C1CN[C@H](CSC23CC4CC(CC(C4)C2)C3)C1. The lowest BCUT2D eigenvalue weighted by atomic mass is 9.56. The number of hydrogen-bond acceptors (Lipinski definition) is 2. The Hall–Kier alpha value is 0.310. The third kappa shape index (κ3) is 2.06. The lowest BCUT2D eigenvalue weighted by Gasteiger charge is -2.56. The highest BCUT2D eigenvalue weighted by molar-refractivity contribution is 8.00. The summed E-state index contributed by atoms with van der Waals surface area (Å²) in [4.78, 5) is 0. The van der Waals surface area contributed by atoms with E-state index in [0.29, 0.717) is 0 Å². The Labute approximate surface area is 109 Å². The van der Waals surface area contributed by atoms with Crippen molar-refractivity contribution in [3.05, 3.63) is 0 Å². The van der Waals surface area contributed by atoms with Gasteiger partial charge in [-0.2, -0.15) is 11.8 Å². The van der Waals surface area contributed by atoms with Gasteiger partial charge < -0.3 is 5.32 Å². The number of nitrogens with one attached hydrogen (secondary N) is 1. The van der Waals surface area contributed by atoms with Crippen LogP contribution in [0.1, 0.15) is 51.4 Å². The molecule has 0 aromatic rings. The minimum Gasteiger partial charge on any atom is -0.313 e. The molecule has 2 heteroatoms. The Morgan fingerprint density at radius 1 is 1.00 bits per heavy atom. The van der Waals surface area contributed by atoms with Crippen LogP contribution in [0, 0.1) is 17.8 Å². The normalized spacial score (nSPS) is 52.2.